The van der Waals surface area contributed by atoms with Crippen LogP contribution in [0.1, 0.15) is 12.5 Å². The van der Waals surface area contributed by atoms with Gasteiger partial charge in [0.05, 0.1) is 12.5 Å². The number of halogens is 1. The molecule has 0 saturated carbocycles. The van der Waals surface area contributed by atoms with Gasteiger partial charge >= 0.3 is 0 Å². The molecule has 3 nitrogen and oxygen atoms in total. The molecular formula is C10H9ClN2O. The summed E-state index contributed by atoms with van der Waals surface area (Å²) in [5, 5.41) is 11.7. The predicted octanol–water partition coefficient (Wildman–Crippen LogP) is 2.36. The zero-order valence-corrected chi connectivity index (χ0v) is 8.43. The van der Waals surface area contributed by atoms with Gasteiger partial charge in [-0.25, -0.2) is 0 Å². The van der Waals surface area contributed by atoms with Gasteiger partial charge in [0.25, 0.3) is 0 Å². The number of anilines is 1. The molecule has 0 aliphatic rings. The van der Waals surface area contributed by atoms with Crippen LogP contribution in [0.15, 0.2) is 18.2 Å². The van der Waals surface area contributed by atoms with Crippen molar-refractivity contribution in [2.24, 2.45) is 0 Å². The van der Waals surface area contributed by atoms with Crippen LogP contribution in [0, 0.1) is 11.3 Å². The van der Waals surface area contributed by atoms with Crippen LogP contribution in [0.4, 0.5) is 5.69 Å². The highest BCUT2D eigenvalue weighted by Gasteiger charge is 2.04. The van der Waals surface area contributed by atoms with Gasteiger partial charge in [0.1, 0.15) is 0 Å². The molecule has 0 heterocycles. The van der Waals surface area contributed by atoms with E-state index in [0.717, 1.165) is 5.56 Å². The average molecular weight is 209 g/mol. The number of benzene rings is 1. The molecule has 1 amide bonds. The number of nitrogens with one attached hydrogen (secondary N) is 1. The highest BCUT2D eigenvalue weighted by molar-refractivity contribution is 6.31. The second-order valence-electron chi connectivity index (χ2n) is 2.82. The number of carbonyl (C=O) groups excluding carboxylic acids is 1. The first-order valence-electron chi connectivity index (χ1n) is 4.06. The molecule has 0 aliphatic heterocycles. The van der Waals surface area contributed by atoms with Crippen LogP contribution < -0.4 is 5.32 Å². The van der Waals surface area contributed by atoms with E-state index in [1.165, 1.54) is 6.92 Å². The average Bonchev–Trinajstić information content (AvgIpc) is 2.09. The molecule has 4 heteroatoms. The van der Waals surface area contributed by atoms with Crippen LogP contribution in [0.3, 0.4) is 0 Å². The lowest BCUT2D eigenvalue weighted by Crippen LogP contribution is -2.07. The molecule has 1 aromatic carbocycles. The standard InChI is InChI=1S/C10H9ClN2O/c1-7(14)13-10-6-9(11)3-2-8(10)4-5-12/h2-3,6H,4H2,1H3,(H,13,14). The lowest BCUT2D eigenvalue weighted by atomic mass is 10.1. The summed E-state index contributed by atoms with van der Waals surface area (Å²) in [5.74, 6) is -0.175. The molecule has 0 spiro atoms. The topological polar surface area (TPSA) is 52.9 Å². The molecule has 0 bridgehead atoms. The fraction of sp³-hybridized carbons (Fsp3) is 0.200. The summed E-state index contributed by atoms with van der Waals surface area (Å²) in [6.45, 7) is 1.41. The normalized spacial score (nSPS) is 9.21. The molecule has 0 aliphatic carbocycles. The van der Waals surface area contributed by atoms with Crippen LogP contribution in [0.5, 0.6) is 0 Å². The molecule has 14 heavy (non-hydrogen) atoms. The molecule has 0 atom stereocenters. The Labute approximate surface area is 87.3 Å². The Balaban J connectivity index is 3.03. The first-order chi connectivity index (χ1) is 6.63. The van der Waals surface area contributed by atoms with Gasteiger partial charge in [-0.05, 0) is 17.7 Å². The van der Waals surface area contributed by atoms with Gasteiger partial charge in [0.15, 0.2) is 0 Å². The van der Waals surface area contributed by atoms with Crippen molar-refractivity contribution in [2.45, 2.75) is 13.3 Å². The summed E-state index contributed by atoms with van der Waals surface area (Å²) in [6, 6.07) is 7.08. The number of nitrogens with zero attached hydrogens (tertiary/aromatic N) is 1. The van der Waals surface area contributed by atoms with E-state index in [1.807, 2.05) is 6.07 Å². The highest BCUT2D eigenvalue weighted by Crippen LogP contribution is 2.21. The first kappa shape index (κ1) is 10.6. The summed E-state index contributed by atoms with van der Waals surface area (Å²) in [6.07, 6.45) is 0.257. The third-order valence-corrected chi connectivity index (χ3v) is 1.89. The third-order valence-electron chi connectivity index (χ3n) is 1.65. The Morgan fingerprint density at radius 3 is 2.93 bits per heavy atom. The summed E-state index contributed by atoms with van der Waals surface area (Å²) < 4.78 is 0. The maximum absolute atomic E-state index is 10.8. The third kappa shape index (κ3) is 2.75. The fourth-order valence-electron chi connectivity index (χ4n) is 1.09. The minimum Gasteiger partial charge on any atom is -0.326 e. The van der Waals surface area contributed by atoms with Crippen molar-refractivity contribution in [1.82, 2.24) is 0 Å². The van der Waals surface area contributed by atoms with E-state index in [1.54, 1.807) is 18.2 Å². The molecule has 1 aromatic rings. The van der Waals surface area contributed by atoms with Crippen molar-refractivity contribution < 1.29 is 4.79 Å². The zero-order valence-electron chi connectivity index (χ0n) is 7.67. The Kier molecular flexibility index (Phi) is 3.49. The number of rotatable bonds is 2. The van der Waals surface area contributed by atoms with E-state index >= 15 is 0 Å². The molecule has 1 rings (SSSR count). The number of carbonyl (C=O) groups is 1. The second-order valence-corrected chi connectivity index (χ2v) is 3.25. The Hall–Kier alpha value is -1.53. The van der Waals surface area contributed by atoms with Crippen molar-refractivity contribution >= 4 is 23.2 Å². The van der Waals surface area contributed by atoms with E-state index in [2.05, 4.69) is 5.32 Å². The minimum absolute atomic E-state index is 0.175. The van der Waals surface area contributed by atoms with Crippen LogP contribution >= 0.6 is 11.6 Å². The van der Waals surface area contributed by atoms with Crippen molar-refractivity contribution in [3.05, 3.63) is 28.8 Å². The second kappa shape index (κ2) is 4.64. The Bertz CT molecular complexity index is 396. The smallest absolute Gasteiger partial charge is 0.221 e. The van der Waals surface area contributed by atoms with Crippen LogP contribution in [-0.4, -0.2) is 5.91 Å². The fourth-order valence-corrected chi connectivity index (χ4v) is 1.27. The van der Waals surface area contributed by atoms with Gasteiger partial charge in [-0.2, -0.15) is 5.26 Å². The van der Waals surface area contributed by atoms with Gasteiger partial charge in [-0.15, -0.1) is 0 Å². The lowest BCUT2D eigenvalue weighted by Gasteiger charge is -2.07. The van der Waals surface area contributed by atoms with Gasteiger partial charge in [-0.1, -0.05) is 17.7 Å². The van der Waals surface area contributed by atoms with E-state index in [0.29, 0.717) is 10.7 Å². The number of hydrogen-bond acceptors (Lipinski definition) is 2. The van der Waals surface area contributed by atoms with Crippen molar-refractivity contribution in [1.29, 1.82) is 5.26 Å². The highest BCUT2D eigenvalue weighted by atomic mass is 35.5. The molecule has 0 aromatic heterocycles. The van der Waals surface area contributed by atoms with Crippen LogP contribution in [0.25, 0.3) is 0 Å². The SMILES string of the molecule is CC(=O)Nc1cc(Cl)ccc1CC#N. The predicted molar refractivity (Wildman–Crippen MR) is 55.1 cm³/mol. The maximum atomic E-state index is 10.8. The number of hydrogen-bond donors (Lipinski definition) is 1. The molecule has 1 N–H and O–H groups in total. The summed E-state index contributed by atoms with van der Waals surface area (Å²) in [4.78, 5) is 10.8. The Morgan fingerprint density at radius 1 is 1.64 bits per heavy atom. The molecular weight excluding hydrogens is 200 g/mol. The minimum atomic E-state index is -0.175. The van der Waals surface area contributed by atoms with Crippen molar-refractivity contribution in [2.75, 3.05) is 5.32 Å². The van der Waals surface area contributed by atoms with Crippen LogP contribution in [-0.2, 0) is 11.2 Å². The summed E-state index contributed by atoms with van der Waals surface area (Å²) in [5.41, 5.74) is 1.37. The molecule has 0 fully saturated rings. The molecule has 72 valence electrons. The molecule has 0 radical (unpaired) electrons. The van der Waals surface area contributed by atoms with E-state index < -0.39 is 0 Å². The van der Waals surface area contributed by atoms with Crippen LogP contribution in [0.2, 0.25) is 5.02 Å². The van der Waals surface area contributed by atoms with Gasteiger partial charge in [0.2, 0.25) is 5.91 Å². The van der Waals surface area contributed by atoms with Gasteiger partial charge in [-0.3, -0.25) is 4.79 Å². The van der Waals surface area contributed by atoms with E-state index in [9.17, 15) is 4.79 Å². The largest absolute Gasteiger partial charge is 0.326 e. The summed E-state index contributed by atoms with van der Waals surface area (Å²) in [7, 11) is 0. The number of nitriles is 1. The van der Waals surface area contributed by atoms with Crippen molar-refractivity contribution in [3.63, 3.8) is 0 Å². The monoisotopic (exact) mass is 208 g/mol. The Morgan fingerprint density at radius 2 is 2.36 bits per heavy atom. The number of amides is 1. The zero-order chi connectivity index (χ0) is 10.6. The molecule has 0 saturated heterocycles. The van der Waals surface area contributed by atoms with E-state index in [-0.39, 0.29) is 12.3 Å². The lowest BCUT2D eigenvalue weighted by molar-refractivity contribution is -0.114. The van der Waals surface area contributed by atoms with E-state index in [4.69, 9.17) is 16.9 Å². The van der Waals surface area contributed by atoms with Gasteiger partial charge < -0.3 is 5.32 Å². The quantitative estimate of drug-likeness (QED) is 0.811. The maximum Gasteiger partial charge on any atom is 0.221 e. The summed E-state index contributed by atoms with van der Waals surface area (Å²) >= 11 is 5.77. The molecule has 0 unspecified atom stereocenters. The van der Waals surface area contributed by atoms with Crippen molar-refractivity contribution in [3.8, 4) is 6.07 Å². The first-order valence-corrected chi connectivity index (χ1v) is 4.44. The van der Waals surface area contributed by atoms with Gasteiger partial charge in [0, 0.05) is 17.6 Å².